The number of benzene rings is 1. The first-order valence-corrected chi connectivity index (χ1v) is 7.90. The second-order valence-corrected chi connectivity index (χ2v) is 5.23. The number of hydrazone groups is 1. The molecule has 0 spiro atoms. The first-order valence-electron chi connectivity index (χ1n) is 7.90. The lowest BCUT2D eigenvalue weighted by Crippen LogP contribution is -2.34. The minimum atomic E-state index is -0.393. The predicted molar refractivity (Wildman–Crippen MR) is 96.4 cm³/mol. The van der Waals surface area contributed by atoms with E-state index in [4.69, 9.17) is 9.52 Å². The number of aliphatic hydroxyl groups excluding tert-OH is 1. The summed E-state index contributed by atoms with van der Waals surface area (Å²) < 4.78 is 5.25. The van der Waals surface area contributed by atoms with Gasteiger partial charge in [0.2, 0.25) is 0 Å². The molecule has 132 valence electrons. The third-order valence-electron chi connectivity index (χ3n) is 3.46. The molecule has 1 amide bonds. The van der Waals surface area contributed by atoms with E-state index in [2.05, 4.69) is 25.8 Å². The fraction of sp³-hybridized carbons (Fsp3) is 0.111. The first kappa shape index (κ1) is 17.3. The van der Waals surface area contributed by atoms with Gasteiger partial charge in [-0.15, -0.1) is 0 Å². The second kappa shape index (κ2) is 8.54. The third kappa shape index (κ3) is 4.31. The van der Waals surface area contributed by atoms with Crippen LogP contribution in [0.25, 0.3) is 11.3 Å². The van der Waals surface area contributed by atoms with Gasteiger partial charge in [-0.3, -0.25) is 15.2 Å². The lowest BCUT2D eigenvalue weighted by Gasteiger charge is -2.08. The number of carbonyl (C=O) groups excluding carboxylic acids is 1. The molecule has 2 heterocycles. The molecule has 0 bridgehead atoms. The number of nitrogens with one attached hydrogen (secondary N) is 2. The van der Waals surface area contributed by atoms with Gasteiger partial charge in [0.05, 0.1) is 18.5 Å². The molecule has 0 fully saturated rings. The van der Waals surface area contributed by atoms with Crippen molar-refractivity contribution in [1.82, 2.24) is 15.3 Å². The summed E-state index contributed by atoms with van der Waals surface area (Å²) in [5.41, 5.74) is 5.26. The van der Waals surface area contributed by atoms with Crippen LogP contribution < -0.4 is 10.7 Å². The van der Waals surface area contributed by atoms with Crippen molar-refractivity contribution < 1.29 is 14.3 Å². The van der Waals surface area contributed by atoms with Crippen LogP contribution in [0.2, 0.25) is 0 Å². The Morgan fingerprint density at radius 3 is 2.54 bits per heavy atom. The van der Waals surface area contributed by atoms with Gasteiger partial charge in [-0.2, -0.15) is 5.10 Å². The molecule has 0 saturated carbocycles. The van der Waals surface area contributed by atoms with Gasteiger partial charge in [0.25, 0.3) is 5.91 Å². The lowest BCUT2D eigenvalue weighted by atomic mass is 10.1. The molecule has 0 radical (unpaired) electrons. The minimum absolute atomic E-state index is 0.147. The molecule has 3 N–H and O–H groups in total. The van der Waals surface area contributed by atoms with E-state index in [0.29, 0.717) is 17.0 Å². The number of hydrogen-bond donors (Lipinski definition) is 3. The van der Waals surface area contributed by atoms with Crippen LogP contribution in [-0.2, 0) is 4.79 Å². The SMILES string of the molecule is O=C(NCCO)/C(=N\Nc1ccc(-c2cnco2)cc1)c1ccncc1. The average Bonchev–Trinajstić information content (AvgIpc) is 3.22. The summed E-state index contributed by atoms with van der Waals surface area (Å²) in [5.74, 6) is 0.275. The van der Waals surface area contributed by atoms with E-state index in [0.717, 1.165) is 5.56 Å². The molecule has 3 rings (SSSR count). The largest absolute Gasteiger partial charge is 0.444 e. The smallest absolute Gasteiger partial charge is 0.272 e. The van der Waals surface area contributed by atoms with Gasteiger partial charge in [-0.1, -0.05) is 0 Å². The molecule has 0 unspecified atom stereocenters. The molecular weight excluding hydrogens is 334 g/mol. The summed E-state index contributed by atoms with van der Waals surface area (Å²) in [6.07, 6.45) is 6.16. The molecule has 0 atom stereocenters. The van der Waals surface area contributed by atoms with E-state index < -0.39 is 5.91 Å². The Bertz CT molecular complexity index is 862. The van der Waals surface area contributed by atoms with E-state index in [1.165, 1.54) is 6.39 Å². The summed E-state index contributed by atoms with van der Waals surface area (Å²) in [5, 5.41) is 15.7. The lowest BCUT2D eigenvalue weighted by molar-refractivity contribution is -0.114. The Kier molecular flexibility index (Phi) is 5.69. The van der Waals surface area contributed by atoms with Gasteiger partial charge < -0.3 is 14.8 Å². The van der Waals surface area contributed by atoms with E-state index in [1.807, 2.05) is 24.3 Å². The molecule has 3 aromatic rings. The van der Waals surface area contributed by atoms with Crippen molar-refractivity contribution >= 4 is 17.3 Å². The number of amides is 1. The number of rotatable bonds is 7. The van der Waals surface area contributed by atoms with Crippen molar-refractivity contribution in [3.8, 4) is 11.3 Å². The van der Waals surface area contributed by atoms with Crippen LogP contribution in [0.1, 0.15) is 5.56 Å². The van der Waals surface area contributed by atoms with Crippen molar-refractivity contribution in [2.45, 2.75) is 0 Å². The van der Waals surface area contributed by atoms with Crippen molar-refractivity contribution in [2.75, 3.05) is 18.6 Å². The summed E-state index contributed by atoms with van der Waals surface area (Å²) in [7, 11) is 0. The fourth-order valence-electron chi connectivity index (χ4n) is 2.20. The van der Waals surface area contributed by atoms with E-state index >= 15 is 0 Å². The molecule has 0 aliphatic carbocycles. The normalized spacial score (nSPS) is 11.2. The molecule has 8 nitrogen and oxygen atoms in total. The van der Waals surface area contributed by atoms with E-state index in [9.17, 15) is 4.79 Å². The third-order valence-corrected chi connectivity index (χ3v) is 3.46. The van der Waals surface area contributed by atoms with Crippen LogP contribution in [0.4, 0.5) is 5.69 Å². The summed E-state index contributed by atoms with van der Waals surface area (Å²) in [6, 6.07) is 10.7. The van der Waals surface area contributed by atoms with Gasteiger partial charge in [0.15, 0.2) is 17.9 Å². The Morgan fingerprint density at radius 2 is 1.88 bits per heavy atom. The molecule has 26 heavy (non-hydrogen) atoms. The summed E-state index contributed by atoms with van der Waals surface area (Å²) in [4.78, 5) is 20.1. The van der Waals surface area contributed by atoms with Crippen LogP contribution in [0, 0.1) is 0 Å². The molecule has 0 saturated heterocycles. The van der Waals surface area contributed by atoms with E-state index in [1.54, 1.807) is 30.7 Å². The molecule has 1 aromatic carbocycles. The highest BCUT2D eigenvalue weighted by Gasteiger charge is 2.13. The number of oxazole rings is 1. The van der Waals surface area contributed by atoms with Gasteiger partial charge in [0.1, 0.15) is 0 Å². The van der Waals surface area contributed by atoms with Crippen molar-refractivity contribution in [2.24, 2.45) is 5.10 Å². The second-order valence-electron chi connectivity index (χ2n) is 5.23. The van der Waals surface area contributed by atoms with Crippen molar-refractivity contribution in [3.05, 3.63) is 66.9 Å². The highest BCUT2D eigenvalue weighted by atomic mass is 16.3. The maximum absolute atomic E-state index is 12.3. The Balaban J connectivity index is 1.78. The maximum Gasteiger partial charge on any atom is 0.272 e. The minimum Gasteiger partial charge on any atom is -0.444 e. The number of nitrogens with zero attached hydrogens (tertiary/aromatic N) is 3. The van der Waals surface area contributed by atoms with Crippen LogP contribution in [0.15, 0.2) is 70.9 Å². The van der Waals surface area contributed by atoms with E-state index in [-0.39, 0.29) is 18.9 Å². The van der Waals surface area contributed by atoms with Crippen LogP contribution >= 0.6 is 0 Å². The van der Waals surface area contributed by atoms with Gasteiger partial charge in [0, 0.05) is 30.1 Å². The predicted octanol–water partition coefficient (Wildman–Crippen LogP) is 1.66. The zero-order chi connectivity index (χ0) is 18.2. The number of aromatic nitrogens is 2. The van der Waals surface area contributed by atoms with Crippen molar-refractivity contribution in [3.63, 3.8) is 0 Å². The topological polar surface area (TPSA) is 113 Å². The number of pyridine rings is 1. The maximum atomic E-state index is 12.3. The van der Waals surface area contributed by atoms with Crippen LogP contribution in [0.5, 0.6) is 0 Å². The van der Waals surface area contributed by atoms with Crippen LogP contribution in [-0.4, -0.2) is 39.8 Å². The van der Waals surface area contributed by atoms with Gasteiger partial charge in [-0.05, 0) is 36.4 Å². The standard InChI is InChI=1S/C18H17N5O3/c24-10-9-21-18(25)17(14-5-7-19-8-6-14)23-22-15-3-1-13(2-4-15)16-11-20-12-26-16/h1-8,11-12,22,24H,9-10H2,(H,21,25)/b23-17-. The molecule has 8 heteroatoms. The summed E-state index contributed by atoms with van der Waals surface area (Å²) in [6.45, 7) is 0.000703. The zero-order valence-corrected chi connectivity index (χ0v) is 13.8. The van der Waals surface area contributed by atoms with Gasteiger partial charge in [-0.25, -0.2) is 4.98 Å². The number of anilines is 1. The molecule has 0 aliphatic heterocycles. The quantitative estimate of drug-likeness (QED) is 0.441. The molecular formula is C18H17N5O3. The number of aliphatic hydroxyl groups is 1. The Labute approximate surface area is 149 Å². The van der Waals surface area contributed by atoms with Gasteiger partial charge >= 0.3 is 0 Å². The molecule has 0 aliphatic rings. The molecule has 2 aromatic heterocycles. The Morgan fingerprint density at radius 1 is 1.12 bits per heavy atom. The van der Waals surface area contributed by atoms with Crippen LogP contribution in [0.3, 0.4) is 0 Å². The van der Waals surface area contributed by atoms with Crippen molar-refractivity contribution in [1.29, 1.82) is 0 Å². The zero-order valence-electron chi connectivity index (χ0n) is 13.8. The fourth-order valence-corrected chi connectivity index (χ4v) is 2.20. The number of hydrogen-bond acceptors (Lipinski definition) is 7. The highest BCUT2D eigenvalue weighted by molar-refractivity contribution is 6.45. The highest BCUT2D eigenvalue weighted by Crippen LogP contribution is 2.20. The Hall–Kier alpha value is -3.52. The summed E-state index contributed by atoms with van der Waals surface area (Å²) >= 11 is 0. The number of carbonyl (C=O) groups is 1. The first-order chi connectivity index (χ1) is 12.8. The monoisotopic (exact) mass is 351 g/mol. The average molecular weight is 351 g/mol.